The van der Waals surface area contributed by atoms with Crippen molar-refractivity contribution in [2.45, 2.75) is 18.0 Å². The number of amides is 2. The highest BCUT2D eigenvalue weighted by Gasteiger charge is 2.34. The van der Waals surface area contributed by atoms with Crippen LogP contribution < -0.4 is 15.4 Å². The molecule has 0 unspecified atom stereocenters. The number of urea groups is 1. The Bertz CT molecular complexity index is 1130. The van der Waals surface area contributed by atoms with Gasteiger partial charge in [0.2, 0.25) is 0 Å². The van der Waals surface area contributed by atoms with Crippen LogP contribution in [-0.4, -0.2) is 27.7 Å². The van der Waals surface area contributed by atoms with E-state index in [1.165, 1.54) is 42.6 Å². The van der Waals surface area contributed by atoms with Crippen molar-refractivity contribution in [3.8, 4) is 0 Å². The third-order valence-corrected chi connectivity index (χ3v) is 5.38. The molecule has 0 atom stereocenters. The van der Waals surface area contributed by atoms with Crippen LogP contribution >= 0.6 is 0 Å². The summed E-state index contributed by atoms with van der Waals surface area (Å²) in [5.41, 5.74) is -0.524. The number of benzene rings is 2. The van der Waals surface area contributed by atoms with Gasteiger partial charge in [-0.25, -0.2) is 13.2 Å². The lowest BCUT2D eigenvalue weighted by molar-refractivity contribution is -0.136. The van der Waals surface area contributed by atoms with E-state index in [0.717, 1.165) is 17.7 Å². The number of carbonyl (C=O) groups excluding carboxylic acids is 1. The van der Waals surface area contributed by atoms with Gasteiger partial charge in [-0.3, -0.25) is 9.71 Å². The van der Waals surface area contributed by atoms with E-state index in [4.69, 9.17) is 0 Å². The first-order chi connectivity index (χ1) is 15.0. The number of hydrogen-bond acceptors (Lipinski definition) is 4. The van der Waals surface area contributed by atoms with E-state index in [0.29, 0.717) is 5.69 Å². The largest absolute Gasteiger partial charge is 0.418 e. The predicted octanol–water partition coefficient (Wildman–Crippen LogP) is 4.79. The Kier molecular flexibility index (Phi) is 8.19. The fourth-order valence-electron chi connectivity index (χ4n) is 2.46. The number of alkyl halides is 3. The average Bonchev–Trinajstić information content (AvgIpc) is 2.72. The van der Waals surface area contributed by atoms with Crippen LogP contribution in [0.2, 0.25) is 0 Å². The van der Waals surface area contributed by atoms with Crippen LogP contribution in [0.1, 0.15) is 12.5 Å². The Morgan fingerprint density at radius 2 is 1.78 bits per heavy atom. The maximum atomic E-state index is 13.1. The molecule has 2 amide bonds. The summed E-state index contributed by atoms with van der Waals surface area (Å²) >= 11 is 0. The van der Waals surface area contributed by atoms with Gasteiger partial charge in [0.1, 0.15) is 0 Å². The van der Waals surface area contributed by atoms with Gasteiger partial charge >= 0.3 is 12.2 Å². The van der Waals surface area contributed by atoms with Crippen LogP contribution in [0.5, 0.6) is 0 Å². The second kappa shape index (κ2) is 10.6. The maximum Gasteiger partial charge on any atom is 0.418 e. The van der Waals surface area contributed by atoms with Crippen molar-refractivity contribution >= 4 is 34.1 Å². The van der Waals surface area contributed by atoms with Gasteiger partial charge in [0.25, 0.3) is 10.0 Å². The van der Waals surface area contributed by atoms with E-state index in [9.17, 15) is 26.4 Å². The monoisotopic (exact) mass is 466 g/mol. The number of para-hydroxylation sites is 1. The number of sulfonamides is 1. The zero-order valence-corrected chi connectivity index (χ0v) is 17.8. The van der Waals surface area contributed by atoms with Gasteiger partial charge in [0, 0.05) is 18.4 Å². The van der Waals surface area contributed by atoms with Gasteiger partial charge < -0.3 is 10.6 Å². The summed E-state index contributed by atoms with van der Waals surface area (Å²) in [5.74, 6) is 0. The van der Waals surface area contributed by atoms with Crippen LogP contribution in [0.15, 0.2) is 82.3 Å². The summed E-state index contributed by atoms with van der Waals surface area (Å²) in [5, 5.41) is 5.15. The molecule has 0 aliphatic rings. The van der Waals surface area contributed by atoms with Crippen molar-refractivity contribution in [1.29, 1.82) is 0 Å². The summed E-state index contributed by atoms with van der Waals surface area (Å²) in [6, 6.07) is 8.75. The molecule has 2 rings (SSSR count). The molecule has 0 aromatic heterocycles. The van der Waals surface area contributed by atoms with Gasteiger partial charge in [0.05, 0.1) is 16.1 Å². The quantitative estimate of drug-likeness (QED) is 0.385. The standard InChI is InChI=1S/C21H21F3N4O3S/c1-15(6-5-13-25-2)14-26-20(29)27-16-9-11-17(12-10-16)32(30,31)28-19-8-4-3-7-18(19)21(22,23)24/h3-13,28H,2,14H2,1H3,(H2,26,27,29)/b13-5-,15-6+. The third-order valence-electron chi connectivity index (χ3n) is 4.00. The van der Waals surface area contributed by atoms with Crippen molar-refractivity contribution in [3.63, 3.8) is 0 Å². The fourth-order valence-corrected chi connectivity index (χ4v) is 3.54. The SMILES string of the molecule is C=N/C=C\C=C(/C)CNC(=O)Nc1ccc(S(=O)(=O)Nc2ccccc2C(F)(F)F)cc1. The number of nitrogens with one attached hydrogen (secondary N) is 3. The minimum absolute atomic E-state index is 0.262. The average molecular weight is 466 g/mol. The van der Waals surface area contributed by atoms with Crippen molar-refractivity contribution in [3.05, 3.63) is 78.0 Å². The van der Waals surface area contributed by atoms with E-state index in [1.54, 1.807) is 19.1 Å². The molecule has 0 bridgehead atoms. The normalized spacial score (nSPS) is 12.4. The van der Waals surface area contributed by atoms with Crippen molar-refractivity contribution in [2.24, 2.45) is 4.99 Å². The number of halogens is 3. The van der Waals surface area contributed by atoms with Gasteiger partial charge in [0.15, 0.2) is 0 Å². The molecular weight excluding hydrogens is 445 g/mol. The van der Waals surface area contributed by atoms with Gasteiger partial charge in [-0.1, -0.05) is 23.8 Å². The second-order valence-electron chi connectivity index (χ2n) is 6.52. The topological polar surface area (TPSA) is 99.7 Å². The number of aliphatic imine (C=N–C) groups is 1. The molecule has 32 heavy (non-hydrogen) atoms. The van der Waals surface area contributed by atoms with E-state index < -0.39 is 33.5 Å². The molecule has 0 saturated carbocycles. The van der Waals surface area contributed by atoms with E-state index in [1.807, 2.05) is 4.72 Å². The molecular formula is C21H21F3N4O3S. The lowest BCUT2D eigenvalue weighted by Crippen LogP contribution is -2.30. The predicted molar refractivity (Wildman–Crippen MR) is 118 cm³/mol. The summed E-state index contributed by atoms with van der Waals surface area (Å²) < 4.78 is 66.2. The number of nitrogens with zero attached hydrogens (tertiary/aromatic N) is 1. The van der Waals surface area contributed by atoms with E-state index in [-0.39, 0.29) is 11.4 Å². The highest BCUT2D eigenvalue weighted by atomic mass is 32.2. The minimum atomic E-state index is -4.72. The van der Waals surface area contributed by atoms with Crippen molar-refractivity contribution in [1.82, 2.24) is 5.32 Å². The number of carbonyl (C=O) groups is 1. The summed E-state index contributed by atoms with van der Waals surface area (Å²) in [4.78, 5) is 15.3. The number of allylic oxidation sites excluding steroid dienone is 2. The first kappa shape index (κ1) is 24.7. The molecule has 0 heterocycles. The molecule has 2 aromatic carbocycles. The summed E-state index contributed by atoms with van der Waals surface area (Å²) in [6.07, 6.45) is 0.198. The van der Waals surface area contributed by atoms with Crippen LogP contribution in [0.3, 0.4) is 0 Å². The highest BCUT2D eigenvalue weighted by Crippen LogP contribution is 2.35. The van der Waals surface area contributed by atoms with Crippen LogP contribution in [0, 0.1) is 0 Å². The lowest BCUT2D eigenvalue weighted by atomic mass is 10.2. The van der Waals surface area contributed by atoms with Gasteiger partial charge in [-0.2, -0.15) is 13.2 Å². The number of anilines is 2. The number of hydrogen-bond donors (Lipinski definition) is 3. The lowest BCUT2D eigenvalue weighted by Gasteiger charge is -2.15. The molecule has 3 N–H and O–H groups in total. The third kappa shape index (κ3) is 7.27. The Balaban J connectivity index is 2.04. The Labute approximate surface area is 183 Å². The molecule has 11 heteroatoms. The molecule has 7 nitrogen and oxygen atoms in total. The van der Waals surface area contributed by atoms with Gasteiger partial charge in [-0.15, -0.1) is 0 Å². The molecule has 170 valence electrons. The zero-order chi connectivity index (χ0) is 23.8. The first-order valence-corrected chi connectivity index (χ1v) is 10.6. The zero-order valence-electron chi connectivity index (χ0n) is 17.0. The molecule has 0 aliphatic heterocycles. The molecule has 0 aliphatic carbocycles. The molecule has 0 radical (unpaired) electrons. The second-order valence-corrected chi connectivity index (χ2v) is 8.20. The fraction of sp³-hybridized carbons (Fsp3) is 0.143. The van der Waals surface area contributed by atoms with Crippen LogP contribution in [0.4, 0.5) is 29.3 Å². The molecule has 0 spiro atoms. The Morgan fingerprint density at radius 3 is 2.41 bits per heavy atom. The smallest absolute Gasteiger partial charge is 0.334 e. The number of rotatable bonds is 8. The van der Waals surface area contributed by atoms with Crippen LogP contribution in [-0.2, 0) is 16.2 Å². The first-order valence-electron chi connectivity index (χ1n) is 9.15. The molecule has 2 aromatic rings. The van der Waals surface area contributed by atoms with Crippen LogP contribution in [0.25, 0.3) is 0 Å². The Hall–Kier alpha value is -3.60. The van der Waals surface area contributed by atoms with Gasteiger partial charge in [-0.05, 0) is 56.1 Å². The summed E-state index contributed by atoms with van der Waals surface area (Å²) in [6.45, 7) is 5.37. The van der Waals surface area contributed by atoms with Crippen molar-refractivity contribution in [2.75, 3.05) is 16.6 Å². The maximum absolute atomic E-state index is 13.1. The van der Waals surface area contributed by atoms with Crippen molar-refractivity contribution < 1.29 is 26.4 Å². The summed E-state index contributed by atoms with van der Waals surface area (Å²) in [7, 11) is -4.28. The van der Waals surface area contributed by atoms with E-state index >= 15 is 0 Å². The molecule has 0 saturated heterocycles. The minimum Gasteiger partial charge on any atom is -0.334 e. The Morgan fingerprint density at radius 1 is 1.12 bits per heavy atom. The molecule has 0 fully saturated rings. The highest BCUT2D eigenvalue weighted by molar-refractivity contribution is 7.92. The van der Waals surface area contributed by atoms with E-state index in [2.05, 4.69) is 22.3 Å².